The summed E-state index contributed by atoms with van der Waals surface area (Å²) >= 11 is 2.46. The minimum atomic E-state index is 0.391. The summed E-state index contributed by atoms with van der Waals surface area (Å²) < 4.78 is 11.6. The number of ether oxygens (including phenoxy) is 2. The Morgan fingerprint density at radius 3 is 1.57 bits per heavy atom. The van der Waals surface area contributed by atoms with Gasteiger partial charge in [-0.25, -0.2) is 0 Å². The molecule has 2 nitrogen and oxygen atoms in total. The molecule has 0 atom stereocenters. The monoisotopic (exact) mass is 396 g/mol. The molecular formula is C18H21IO2. The van der Waals surface area contributed by atoms with Crippen LogP contribution in [-0.2, 0) is 0 Å². The van der Waals surface area contributed by atoms with Crippen LogP contribution in [0.1, 0.15) is 28.2 Å². The van der Waals surface area contributed by atoms with Crippen LogP contribution in [-0.4, -0.2) is 18.6 Å². The normalized spacial score (nSPS) is 10.8. The summed E-state index contributed by atoms with van der Waals surface area (Å²) in [7, 11) is 3.41. The predicted molar refractivity (Wildman–Crippen MR) is 96.2 cm³/mol. The minimum Gasteiger partial charge on any atom is -0.497 e. The van der Waals surface area contributed by atoms with Gasteiger partial charge in [-0.05, 0) is 60.4 Å². The standard InChI is InChI=1S/C18H21IO2/c1-12-9-14(20-3)5-7-16(12)18(11-19)17-8-6-15(21-4)10-13(17)2/h5-10,18H,11H2,1-4H3. The van der Waals surface area contributed by atoms with Crippen molar-refractivity contribution in [1.82, 2.24) is 0 Å². The first kappa shape index (κ1) is 16.1. The second-order valence-electron chi connectivity index (χ2n) is 5.15. The predicted octanol–water partition coefficient (Wildman–Crippen LogP) is 4.89. The second-order valence-corrected chi connectivity index (χ2v) is 6.03. The van der Waals surface area contributed by atoms with E-state index >= 15 is 0 Å². The zero-order valence-electron chi connectivity index (χ0n) is 12.9. The first-order valence-corrected chi connectivity index (χ1v) is 8.48. The molecule has 0 radical (unpaired) electrons. The molecule has 2 aromatic carbocycles. The van der Waals surface area contributed by atoms with Crippen molar-refractivity contribution in [2.24, 2.45) is 0 Å². The molecule has 0 aromatic heterocycles. The van der Waals surface area contributed by atoms with Gasteiger partial charge >= 0.3 is 0 Å². The van der Waals surface area contributed by atoms with E-state index in [0.29, 0.717) is 5.92 Å². The Morgan fingerprint density at radius 1 is 0.857 bits per heavy atom. The summed E-state index contributed by atoms with van der Waals surface area (Å²) in [5.41, 5.74) is 5.26. The van der Waals surface area contributed by atoms with Crippen LogP contribution in [0.3, 0.4) is 0 Å². The quantitative estimate of drug-likeness (QED) is 0.530. The van der Waals surface area contributed by atoms with E-state index < -0.39 is 0 Å². The highest BCUT2D eigenvalue weighted by molar-refractivity contribution is 14.1. The Hall–Kier alpha value is -1.23. The number of benzene rings is 2. The summed E-state index contributed by atoms with van der Waals surface area (Å²) in [5, 5.41) is 0. The number of aryl methyl sites for hydroxylation is 2. The molecule has 2 rings (SSSR count). The topological polar surface area (TPSA) is 18.5 Å². The van der Waals surface area contributed by atoms with Crippen molar-refractivity contribution >= 4 is 22.6 Å². The highest BCUT2D eigenvalue weighted by atomic mass is 127. The Kier molecular flexibility index (Phi) is 5.51. The van der Waals surface area contributed by atoms with E-state index in [4.69, 9.17) is 9.47 Å². The molecule has 112 valence electrons. The summed E-state index contributed by atoms with van der Waals surface area (Å²) in [5.74, 6) is 2.22. The summed E-state index contributed by atoms with van der Waals surface area (Å²) in [6.45, 7) is 4.30. The fraction of sp³-hybridized carbons (Fsp3) is 0.333. The average molecular weight is 396 g/mol. The molecule has 0 aliphatic rings. The van der Waals surface area contributed by atoms with Gasteiger partial charge in [-0.3, -0.25) is 0 Å². The Balaban J connectivity index is 2.44. The Morgan fingerprint density at radius 2 is 1.29 bits per heavy atom. The smallest absolute Gasteiger partial charge is 0.119 e. The van der Waals surface area contributed by atoms with Gasteiger partial charge < -0.3 is 9.47 Å². The van der Waals surface area contributed by atoms with Crippen molar-refractivity contribution in [2.45, 2.75) is 19.8 Å². The van der Waals surface area contributed by atoms with E-state index in [-0.39, 0.29) is 0 Å². The zero-order chi connectivity index (χ0) is 15.4. The molecule has 0 fully saturated rings. The first-order chi connectivity index (χ1) is 10.1. The van der Waals surface area contributed by atoms with Gasteiger partial charge in [0.15, 0.2) is 0 Å². The number of methoxy groups -OCH3 is 2. The number of hydrogen-bond donors (Lipinski definition) is 0. The molecule has 0 heterocycles. The molecule has 3 heteroatoms. The lowest BCUT2D eigenvalue weighted by atomic mass is 9.87. The van der Waals surface area contributed by atoms with E-state index in [1.807, 2.05) is 12.1 Å². The minimum absolute atomic E-state index is 0.391. The molecule has 0 aliphatic heterocycles. The van der Waals surface area contributed by atoms with E-state index in [1.54, 1.807) is 14.2 Å². The SMILES string of the molecule is COc1ccc(C(CI)c2ccc(OC)cc2C)c(C)c1. The molecule has 0 N–H and O–H groups in total. The first-order valence-electron chi connectivity index (χ1n) is 6.95. The van der Waals surface area contributed by atoms with Crippen LogP contribution in [0.5, 0.6) is 11.5 Å². The molecule has 2 aromatic rings. The maximum atomic E-state index is 5.30. The van der Waals surface area contributed by atoms with Crippen LogP contribution >= 0.6 is 22.6 Å². The largest absolute Gasteiger partial charge is 0.497 e. The highest BCUT2D eigenvalue weighted by Gasteiger charge is 2.17. The highest BCUT2D eigenvalue weighted by Crippen LogP contribution is 2.34. The molecule has 0 amide bonds. The molecule has 21 heavy (non-hydrogen) atoms. The van der Waals surface area contributed by atoms with Crippen molar-refractivity contribution in [3.05, 3.63) is 58.7 Å². The van der Waals surface area contributed by atoms with Gasteiger partial charge in [0.2, 0.25) is 0 Å². The van der Waals surface area contributed by atoms with Crippen LogP contribution in [0.4, 0.5) is 0 Å². The number of rotatable bonds is 5. The molecule has 0 aliphatic carbocycles. The Bertz CT molecular complexity index is 569. The number of hydrogen-bond acceptors (Lipinski definition) is 2. The number of alkyl halides is 1. The maximum absolute atomic E-state index is 5.30. The van der Waals surface area contributed by atoms with Crippen LogP contribution in [0, 0.1) is 13.8 Å². The van der Waals surface area contributed by atoms with Crippen LogP contribution in [0.25, 0.3) is 0 Å². The third kappa shape index (κ3) is 3.51. The van der Waals surface area contributed by atoms with Gasteiger partial charge in [-0.1, -0.05) is 34.7 Å². The van der Waals surface area contributed by atoms with Gasteiger partial charge in [0.25, 0.3) is 0 Å². The van der Waals surface area contributed by atoms with E-state index in [2.05, 4.69) is 60.7 Å². The third-order valence-electron chi connectivity index (χ3n) is 3.86. The van der Waals surface area contributed by atoms with Crippen LogP contribution in [0.15, 0.2) is 36.4 Å². The molecule has 0 spiro atoms. The number of halogens is 1. The lowest BCUT2D eigenvalue weighted by Crippen LogP contribution is -2.07. The van der Waals surface area contributed by atoms with Crippen molar-refractivity contribution in [1.29, 1.82) is 0 Å². The molecular weight excluding hydrogens is 375 g/mol. The van der Waals surface area contributed by atoms with E-state index in [0.717, 1.165) is 15.9 Å². The average Bonchev–Trinajstić information content (AvgIpc) is 2.50. The fourth-order valence-electron chi connectivity index (χ4n) is 2.67. The third-order valence-corrected chi connectivity index (χ3v) is 4.74. The second kappa shape index (κ2) is 7.16. The van der Waals surface area contributed by atoms with Crippen molar-refractivity contribution < 1.29 is 9.47 Å². The summed E-state index contributed by atoms with van der Waals surface area (Å²) in [4.78, 5) is 0. The molecule has 0 saturated carbocycles. The van der Waals surface area contributed by atoms with E-state index in [9.17, 15) is 0 Å². The lowest BCUT2D eigenvalue weighted by molar-refractivity contribution is 0.414. The van der Waals surface area contributed by atoms with Gasteiger partial charge in [0.05, 0.1) is 14.2 Å². The molecule has 0 unspecified atom stereocenters. The maximum Gasteiger partial charge on any atom is 0.119 e. The molecule has 0 saturated heterocycles. The summed E-state index contributed by atoms with van der Waals surface area (Å²) in [6.07, 6.45) is 0. The zero-order valence-corrected chi connectivity index (χ0v) is 15.1. The van der Waals surface area contributed by atoms with Crippen LogP contribution in [0.2, 0.25) is 0 Å². The fourth-order valence-corrected chi connectivity index (χ4v) is 3.61. The molecule has 0 bridgehead atoms. The van der Waals surface area contributed by atoms with Gasteiger partial charge in [-0.15, -0.1) is 0 Å². The van der Waals surface area contributed by atoms with Crippen molar-refractivity contribution in [3.63, 3.8) is 0 Å². The summed E-state index contributed by atoms with van der Waals surface area (Å²) in [6, 6.07) is 12.7. The van der Waals surface area contributed by atoms with Crippen molar-refractivity contribution in [3.8, 4) is 11.5 Å². The van der Waals surface area contributed by atoms with Gasteiger partial charge in [-0.2, -0.15) is 0 Å². The van der Waals surface area contributed by atoms with Gasteiger partial charge in [0, 0.05) is 10.3 Å². The lowest BCUT2D eigenvalue weighted by Gasteiger charge is -2.20. The van der Waals surface area contributed by atoms with Gasteiger partial charge in [0.1, 0.15) is 11.5 Å². The van der Waals surface area contributed by atoms with Crippen molar-refractivity contribution in [2.75, 3.05) is 18.6 Å². The van der Waals surface area contributed by atoms with Crippen LogP contribution < -0.4 is 9.47 Å². The van der Waals surface area contributed by atoms with E-state index in [1.165, 1.54) is 22.3 Å². The Labute approximate surface area is 140 Å².